The molecule has 152 valence electrons. The highest BCUT2D eigenvalue weighted by molar-refractivity contribution is 5.76. The predicted octanol–water partition coefficient (Wildman–Crippen LogP) is 2.38. The Morgan fingerprint density at radius 3 is 2.89 bits per heavy atom. The SMILES string of the molecule is COc1ccc2c3c1O[C@H]1C[C@@H](OC(=O)[C@H](N)C(C)C)C=C[C@@]31CCN(C)C2. The quantitative estimate of drug-likeness (QED) is 0.633. The van der Waals surface area contributed by atoms with Gasteiger partial charge in [-0.15, -0.1) is 0 Å². The van der Waals surface area contributed by atoms with E-state index in [2.05, 4.69) is 24.1 Å². The van der Waals surface area contributed by atoms with Crippen molar-refractivity contribution in [1.29, 1.82) is 0 Å². The largest absolute Gasteiger partial charge is 0.493 e. The number of benzene rings is 1. The summed E-state index contributed by atoms with van der Waals surface area (Å²) in [7, 11) is 3.82. The first-order valence-electron chi connectivity index (χ1n) is 10.1. The third kappa shape index (κ3) is 2.99. The summed E-state index contributed by atoms with van der Waals surface area (Å²) in [6.07, 6.45) is 5.40. The molecule has 2 aliphatic heterocycles. The number of carbonyl (C=O) groups excluding carboxylic acids is 1. The molecule has 0 bridgehead atoms. The third-order valence-corrected chi connectivity index (χ3v) is 6.39. The molecule has 0 aromatic heterocycles. The Kier molecular flexibility index (Phi) is 4.88. The molecule has 0 fully saturated rings. The molecule has 4 atom stereocenters. The van der Waals surface area contributed by atoms with Crippen molar-refractivity contribution in [2.24, 2.45) is 11.7 Å². The molecule has 6 nitrogen and oxygen atoms in total. The fraction of sp³-hybridized carbons (Fsp3) is 0.591. The third-order valence-electron chi connectivity index (χ3n) is 6.39. The Labute approximate surface area is 166 Å². The van der Waals surface area contributed by atoms with Crippen LogP contribution in [0.25, 0.3) is 0 Å². The lowest BCUT2D eigenvalue weighted by Crippen LogP contribution is -2.45. The van der Waals surface area contributed by atoms with Gasteiger partial charge in [-0.3, -0.25) is 4.79 Å². The second-order valence-electron chi connectivity index (χ2n) is 8.61. The highest BCUT2D eigenvalue weighted by atomic mass is 16.6. The van der Waals surface area contributed by atoms with E-state index in [9.17, 15) is 4.79 Å². The Hall–Kier alpha value is -2.05. The number of carbonyl (C=O) groups is 1. The molecule has 2 heterocycles. The van der Waals surface area contributed by atoms with Crippen molar-refractivity contribution < 1.29 is 19.0 Å². The average molecular weight is 386 g/mol. The molecule has 1 spiro atoms. The van der Waals surface area contributed by atoms with Gasteiger partial charge in [-0.25, -0.2) is 0 Å². The maximum Gasteiger partial charge on any atom is 0.323 e. The standard InChI is InChI=1S/C22H30N2O4/c1-13(2)19(23)21(25)27-15-7-8-22-9-10-24(3)12-14-5-6-16(26-4)20(18(14)22)28-17(22)11-15/h5-8,13,15,17,19H,9-12,23H2,1-4H3/t15-,17-,19+,22-/m0/s1. The van der Waals surface area contributed by atoms with E-state index < -0.39 is 6.04 Å². The van der Waals surface area contributed by atoms with Crippen molar-refractivity contribution >= 4 is 5.97 Å². The van der Waals surface area contributed by atoms with E-state index in [0.29, 0.717) is 6.42 Å². The van der Waals surface area contributed by atoms with Gasteiger partial charge in [-0.2, -0.15) is 0 Å². The summed E-state index contributed by atoms with van der Waals surface area (Å²) in [6, 6.07) is 3.53. The Balaban J connectivity index is 1.67. The summed E-state index contributed by atoms with van der Waals surface area (Å²) in [5.74, 6) is 1.30. The highest BCUT2D eigenvalue weighted by Crippen LogP contribution is 2.55. The van der Waals surface area contributed by atoms with Crippen LogP contribution in [-0.4, -0.2) is 49.8 Å². The molecule has 0 radical (unpaired) electrons. The second kappa shape index (κ2) is 7.08. The fourth-order valence-electron chi connectivity index (χ4n) is 4.65. The predicted molar refractivity (Wildman–Crippen MR) is 106 cm³/mol. The van der Waals surface area contributed by atoms with Gasteiger partial charge >= 0.3 is 5.97 Å². The zero-order valence-electron chi connectivity index (χ0n) is 17.1. The van der Waals surface area contributed by atoms with E-state index >= 15 is 0 Å². The lowest BCUT2D eigenvalue weighted by molar-refractivity contribution is -0.151. The summed E-state index contributed by atoms with van der Waals surface area (Å²) >= 11 is 0. The molecule has 0 saturated heterocycles. The Morgan fingerprint density at radius 1 is 1.39 bits per heavy atom. The van der Waals surface area contributed by atoms with Gasteiger partial charge in [0.1, 0.15) is 18.2 Å². The van der Waals surface area contributed by atoms with Crippen LogP contribution >= 0.6 is 0 Å². The molecule has 0 unspecified atom stereocenters. The van der Waals surface area contributed by atoms with Crippen molar-refractivity contribution in [3.05, 3.63) is 35.4 Å². The van der Waals surface area contributed by atoms with Gasteiger partial charge in [0.2, 0.25) is 0 Å². The van der Waals surface area contributed by atoms with Gasteiger partial charge in [0.05, 0.1) is 12.5 Å². The Bertz CT molecular complexity index is 806. The van der Waals surface area contributed by atoms with Crippen LogP contribution in [0.5, 0.6) is 11.5 Å². The molecular weight excluding hydrogens is 356 g/mol. The van der Waals surface area contributed by atoms with Crippen molar-refractivity contribution in [3.63, 3.8) is 0 Å². The van der Waals surface area contributed by atoms with Crippen molar-refractivity contribution in [2.75, 3.05) is 20.7 Å². The maximum absolute atomic E-state index is 12.3. The van der Waals surface area contributed by atoms with Crippen LogP contribution in [0.15, 0.2) is 24.3 Å². The molecule has 28 heavy (non-hydrogen) atoms. The number of hydrogen-bond acceptors (Lipinski definition) is 6. The summed E-state index contributed by atoms with van der Waals surface area (Å²) in [6.45, 7) is 5.71. The number of rotatable bonds is 4. The number of methoxy groups -OCH3 is 1. The topological polar surface area (TPSA) is 74.0 Å². The number of nitrogens with zero attached hydrogens (tertiary/aromatic N) is 1. The van der Waals surface area contributed by atoms with E-state index in [0.717, 1.165) is 31.0 Å². The van der Waals surface area contributed by atoms with Crippen LogP contribution in [0.1, 0.15) is 37.8 Å². The number of ether oxygens (including phenoxy) is 3. The summed E-state index contributed by atoms with van der Waals surface area (Å²) in [5.41, 5.74) is 8.27. The van der Waals surface area contributed by atoms with Crippen molar-refractivity contribution in [2.45, 2.75) is 56.9 Å². The molecule has 0 saturated carbocycles. The molecule has 1 aromatic carbocycles. The van der Waals surface area contributed by atoms with Gasteiger partial charge in [0.25, 0.3) is 0 Å². The number of esters is 1. The Morgan fingerprint density at radius 2 is 2.18 bits per heavy atom. The molecule has 0 amide bonds. The first kappa shape index (κ1) is 19.3. The lowest BCUT2D eigenvalue weighted by atomic mass is 9.69. The summed E-state index contributed by atoms with van der Waals surface area (Å²) in [5, 5.41) is 0. The van der Waals surface area contributed by atoms with Gasteiger partial charge < -0.3 is 24.8 Å². The summed E-state index contributed by atoms with van der Waals surface area (Å²) in [4.78, 5) is 14.7. The van der Waals surface area contributed by atoms with E-state index in [-0.39, 0.29) is 29.5 Å². The lowest BCUT2D eigenvalue weighted by Gasteiger charge is -2.37. The van der Waals surface area contributed by atoms with E-state index in [4.69, 9.17) is 19.9 Å². The minimum atomic E-state index is -0.607. The van der Waals surface area contributed by atoms with E-state index in [1.54, 1.807) is 7.11 Å². The fourth-order valence-corrected chi connectivity index (χ4v) is 4.65. The van der Waals surface area contributed by atoms with Crippen LogP contribution in [0, 0.1) is 5.92 Å². The number of hydrogen-bond donors (Lipinski definition) is 1. The zero-order chi connectivity index (χ0) is 20.1. The van der Waals surface area contributed by atoms with Gasteiger partial charge in [-0.1, -0.05) is 26.0 Å². The van der Waals surface area contributed by atoms with Gasteiger partial charge in [0.15, 0.2) is 11.5 Å². The first-order chi connectivity index (χ1) is 13.4. The van der Waals surface area contributed by atoms with Gasteiger partial charge in [-0.05, 0) is 43.6 Å². The summed E-state index contributed by atoms with van der Waals surface area (Å²) < 4.78 is 17.7. The molecule has 1 aromatic rings. The molecule has 4 rings (SSSR count). The van der Waals surface area contributed by atoms with Crippen molar-refractivity contribution in [3.8, 4) is 11.5 Å². The minimum Gasteiger partial charge on any atom is -0.493 e. The molecule has 6 heteroatoms. The normalized spacial score (nSPS) is 29.5. The van der Waals surface area contributed by atoms with Crippen LogP contribution in [0.3, 0.4) is 0 Å². The van der Waals surface area contributed by atoms with E-state index in [1.165, 1.54) is 11.1 Å². The van der Waals surface area contributed by atoms with Gasteiger partial charge in [0, 0.05) is 18.5 Å². The molecular formula is C22H30N2O4. The average Bonchev–Trinajstić information content (AvgIpc) is 2.93. The maximum atomic E-state index is 12.3. The number of nitrogens with two attached hydrogens (primary N) is 1. The highest BCUT2D eigenvalue weighted by Gasteiger charge is 2.53. The molecule has 3 aliphatic rings. The van der Waals surface area contributed by atoms with E-state index in [1.807, 2.05) is 26.0 Å². The van der Waals surface area contributed by atoms with Crippen LogP contribution in [0.2, 0.25) is 0 Å². The van der Waals surface area contributed by atoms with Crippen LogP contribution in [-0.2, 0) is 21.5 Å². The first-order valence-corrected chi connectivity index (χ1v) is 10.1. The monoisotopic (exact) mass is 386 g/mol. The smallest absolute Gasteiger partial charge is 0.323 e. The minimum absolute atomic E-state index is 0.0441. The molecule has 2 N–H and O–H groups in total. The van der Waals surface area contributed by atoms with Crippen LogP contribution < -0.4 is 15.2 Å². The van der Waals surface area contributed by atoms with Crippen molar-refractivity contribution in [1.82, 2.24) is 4.90 Å². The zero-order valence-corrected chi connectivity index (χ0v) is 17.1. The van der Waals surface area contributed by atoms with Crippen LogP contribution in [0.4, 0.5) is 0 Å². The molecule has 1 aliphatic carbocycles. The second-order valence-corrected chi connectivity index (χ2v) is 8.61.